The fourth-order valence-electron chi connectivity index (χ4n) is 1.74. The highest BCUT2D eigenvalue weighted by Crippen LogP contribution is 2.22. The number of aromatic nitrogens is 1. The van der Waals surface area contributed by atoms with Crippen LogP contribution in [0.25, 0.3) is 0 Å². The van der Waals surface area contributed by atoms with E-state index in [2.05, 4.69) is 10.3 Å². The van der Waals surface area contributed by atoms with Crippen LogP contribution in [0.1, 0.15) is 5.69 Å². The van der Waals surface area contributed by atoms with Crippen LogP contribution < -0.4 is 16.2 Å². The summed E-state index contributed by atoms with van der Waals surface area (Å²) in [5, 5.41) is 8.18. The zero-order valence-corrected chi connectivity index (χ0v) is 11.6. The summed E-state index contributed by atoms with van der Waals surface area (Å²) in [5.41, 5.74) is 7.76. The predicted molar refractivity (Wildman–Crippen MR) is 78.7 cm³/mol. The molecule has 0 radical (unpaired) electrons. The van der Waals surface area contributed by atoms with Crippen molar-refractivity contribution >= 4 is 21.4 Å². The molecule has 0 saturated carbocycles. The Morgan fingerprint density at radius 2 is 2.00 bits per heavy atom. The van der Waals surface area contributed by atoms with E-state index >= 15 is 0 Å². The SMILES string of the molecule is Nc1ccc(S(N)(=O)=O)cc1NCCc1ccccn1. The van der Waals surface area contributed by atoms with Gasteiger partial charge in [0, 0.05) is 24.9 Å². The van der Waals surface area contributed by atoms with Crippen LogP contribution >= 0.6 is 0 Å². The summed E-state index contributed by atoms with van der Waals surface area (Å²) in [4.78, 5) is 4.24. The Bertz CT molecular complexity index is 687. The van der Waals surface area contributed by atoms with E-state index in [1.54, 1.807) is 6.20 Å². The summed E-state index contributed by atoms with van der Waals surface area (Å²) in [6.45, 7) is 0.593. The van der Waals surface area contributed by atoms with E-state index in [-0.39, 0.29) is 4.90 Å². The quantitative estimate of drug-likeness (QED) is 0.711. The number of anilines is 2. The molecule has 0 saturated heterocycles. The summed E-state index contributed by atoms with van der Waals surface area (Å²) >= 11 is 0. The first kappa shape index (κ1) is 14.3. The van der Waals surface area contributed by atoms with Crippen molar-refractivity contribution in [3.8, 4) is 0 Å². The number of pyridine rings is 1. The van der Waals surface area contributed by atoms with Crippen LogP contribution in [-0.2, 0) is 16.4 Å². The highest BCUT2D eigenvalue weighted by atomic mass is 32.2. The van der Waals surface area contributed by atoms with Crippen molar-refractivity contribution in [2.45, 2.75) is 11.3 Å². The molecular weight excluding hydrogens is 276 g/mol. The largest absolute Gasteiger partial charge is 0.397 e. The number of nitrogens with one attached hydrogen (secondary N) is 1. The van der Waals surface area contributed by atoms with Crippen LogP contribution in [0.2, 0.25) is 0 Å². The third-order valence-electron chi connectivity index (χ3n) is 2.78. The molecule has 0 aliphatic carbocycles. The van der Waals surface area contributed by atoms with E-state index in [1.165, 1.54) is 18.2 Å². The molecule has 7 heteroatoms. The van der Waals surface area contributed by atoms with Crippen molar-refractivity contribution < 1.29 is 8.42 Å². The second-order valence-electron chi connectivity index (χ2n) is 4.29. The maximum atomic E-state index is 11.3. The van der Waals surface area contributed by atoms with E-state index in [4.69, 9.17) is 10.9 Å². The van der Waals surface area contributed by atoms with E-state index in [9.17, 15) is 8.42 Å². The van der Waals surface area contributed by atoms with Gasteiger partial charge >= 0.3 is 0 Å². The summed E-state index contributed by atoms with van der Waals surface area (Å²) in [6.07, 6.45) is 2.44. The first-order valence-electron chi connectivity index (χ1n) is 6.03. The Morgan fingerprint density at radius 3 is 2.65 bits per heavy atom. The zero-order valence-electron chi connectivity index (χ0n) is 10.8. The van der Waals surface area contributed by atoms with Gasteiger partial charge in [0.2, 0.25) is 10.0 Å². The van der Waals surface area contributed by atoms with Crippen LogP contribution in [0.3, 0.4) is 0 Å². The Kier molecular flexibility index (Phi) is 4.21. The lowest BCUT2D eigenvalue weighted by atomic mass is 10.2. The minimum absolute atomic E-state index is 0.0343. The third kappa shape index (κ3) is 3.69. The first-order chi connectivity index (χ1) is 9.47. The molecular formula is C13H16N4O2S. The van der Waals surface area contributed by atoms with E-state index in [1.807, 2.05) is 18.2 Å². The number of nitrogen functional groups attached to an aromatic ring is 1. The fourth-order valence-corrected chi connectivity index (χ4v) is 2.28. The number of benzene rings is 1. The van der Waals surface area contributed by atoms with Gasteiger partial charge in [-0.1, -0.05) is 6.07 Å². The van der Waals surface area contributed by atoms with Gasteiger partial charge in [0.25, 0.3) is 0 Å². The van der Waals surface area contributed by atoms with Crippen molar-refractivity contribution in [2.75, 3.05) is 17.6 Å². The monoisotopic (exact) mass is 292 g/mol. The molecule has 0 aliphatic rings. The molecule has 6 nitrogen and oxygen atoms in total. The Balaban J connectivity index is 2.06. The lowest BCUT2D eigenvalue weighted by Gasteiger charge is -2.10. The van der Waals surface area contributed by atoms with Crippen LogP contribution in [-0.4, -0.2) is 19.9 Å². The lowest BCUT2D eigenvalue weighted by molar-refractivity contribution is 0.598. The van der Waals surface area contributed by atoms with Gasteiger partial charge in [0.15, 0.2) is 0 Å². The topological polar surface area (TPSA) is 111 Å². The van der Waals surface area contributed by atoms with Gasteiger partial charge in [0.1, 0.15) is 0 Å². The second kappa shape index (κ2) is 5.89. The van der Waals surface area contributed by atoms with Crippen LogP contribution in [0.15, 0.2) is 47.5 Å². The molecule has 1 aromatic heterocycles. The van der Waals surface area contributed by atoms with Gasteiger partial charge in [-0.25, -0.2) is 13.6 Å². The van der Waals surface area contributed by atoms with E-state index in [0.29, 0.717) is 24.3 Å². The van der Waals surface area contributed by atoms with Gasteiger partial charge in [-0.15, -0.1) is 0 Å². The highest BCUT2D eigenvalue weighted by Gasteiger charge is 2.10. The first-order valence-corrected chi connectivity index (χ1v) is 7.57. The molecule has 0 fully saturated rings. The van der Waals surface area contributed by atoms with Crippen molar-refractivity contribution in [3.63, 3.8) is 0 Å². The normalized spacial score (nSPS) is 11.2. The number of primary sulfonamides is 1. The number of sulfonamides is 1. The molecule has 2 aromatic rings. The predicted octanol–water partition coefficient (Wildman–Crippen LogP) is 0.966. The zero-order chi connectivity index (χ0) is 14.6. The molecule has 0 spiro atoms. The minimum atomic E-state index is -3.73. The second-order valence-corrected chi connectivity index (χ2v) is 5.85. The van der Waals surface area contributed by atoms with Gasteiger partial charge in [-0.05, 0) is 30.3 Å². The highest BCUT2D eigenvalue weighted by molar-refractivity contribution is 7.89. The lowest BCUT2D eigenvalue weighted by Crippen LogP contribution is -2.14. The molecule has 2 rings (SSSR count). The molecule has 0 amide bonds. The van der Waals surface area contributed by atoms with Crippen molar-refractivity contribution in [3.05, 3.63) is 48.3 Å². The van der Waals surface area contributed by atoms with Gasteiger partial charge in [-0.2, -0.15) is 0 Å². The summed E-state index contributed by atoms with van der Waals surface area (Å²) in [5.74, 6) is 0. The summed E-state index contributed by atoms with van der Waals surface area (Å²) < 4.78 is 22.6. The molecule has 1 aromatic carbocycles. The van der Waals surface area contributed by atoms with E-state index < -0.39 is 10.0 Å². The standard InChI is InChI=1S/C13H16N4O2S/c14-12-5-4-11(20(15,18)19)9-13(12)17-8-6-10-3-1-2-7-16-10/h1-5,7,9,17H,6,8,14H2,(H2,15,18,19). The molecule has 0 unspecified atom stereocenters. The summed E-state index contributed by atoms with van der Waals surface area (Å²) in [6, 6.07) is 10.0. The molecule has 5 N–H and O–H groups in total. The van der Waals surface area contributed by atoms with E-state index in [0.717, 1.165) is 5.69 Å². The number of nitrogens with zero attached hydrogens (tertiary/aromatic N) is 1. The van der Waals surface area contributed by atoms with Crippen molar-refractivity contribution in [2.24, 2.45) is 5.14 Å². The Hall–Kier alpha value is -2.12. The van der Waals surface area contributed by atoms with Gasteiger partial charge in [0.05, 0.1) is 16.3 Å². The van der Waals surface area contributed by atoms with Crippen LogP contribution in [0, 0.1) is 0 Å². The van der Waals surface area contributed by atoms with Crippen molar-refractivity contribution in [1.82, 2.24) is 4.98 Å². The number of hydrogen-bond acceptors (Lipinski definition) is 5. The average molecular weight is 292 g/mol. The maximum absolute atomic E-state index is 11.3. The molecule has 0 aliphatic heterocycles. The number of rotatable bonds is 5. The van der Waals surface area contributed by atoms with Gasteiger partial charge < -0.3 is 11.1 Å². The van der Waals surface area contributed by atoms with Crippen LogP contribution in [0.4, 0.5) is 11.4 Å². The molecule has 1 heterocycles. The Morgan fingerprint density at radius 1 is 1.20 bits per heavy atom. The minimum Gasteiger partial charge on any atom is -0.397 e. The summed E-state index contributed by atoms with van der Waals surface area (Å²) in [7, 11) is -3.73. The average Bonchev–Trinajstić information content (AvgIpc) is 2.41. The smallest absolute Gasteiger partial charge is 0.238 e. The number of hydrogen-bond donors (Lipinski definition) is 3. The molecule has 106 valence electrons. The molecule has 20 heavy (non-hydrogen) atoms. The van der Waals surface area contributed by atoms with Crippen molar-refractivity contribution in [1.29, 1.82) is 0 Å². The Labute approximate surface area is 117 Å². The molecule has 0 atom stereocenters. The maximum Gasteiger partial charge on any atom is 0.238 e. The van der Waals surface area contributed by atoms with Crippen LogP contribution in [0.5, 0.6) is 0 Å². The fraction of sp³-hybridized carbons (Fsp3) is 0.154. The number of nitrogens with two attached hydrogens (primary N) is 2. The van der Waals surface area contributed by atoms with Gasteiger partial charge in [-0.3, -0.25) is 4.98 Å². The molecule has 0 bridgehead atoms. The third-order valence-corrected chi connectivity index (χ3v) is 3.69.